The summed E-state index contributed by atoms with van der Waals surface area (Å²) in [4.78, 5) is 14.8. The van der Waals surface area contributed by atoms with Crippen molar-refractivity contribution in [3.8, 4) is 0 Å². The summed E-state index contributed by atoms with van der Waals surface area (Å²) in [5.41, 5.74) is 0.951. The van der Waals surface area contributed by atoms with E-state index in [0.29, 0.717) is 0 Å². The summed E-state index contributed by atoms with van der Waals surface area (Å²) in [6.07, 6.45) is 5.19. The van der Waals surface area contributed by atoms with Crippen molar-refractivity contribution in [2.24, 2.45) is 11.3 Å². The van der Waals surface area contributed by atoms with Crippen LogP contribution in [-0.2, 0) is 23.7 Å². The number of hydrogen-bond donors (Lipinski definition) is 0. The van der Waals surface area contributed by atoms with Crippen LogP contribution in [-0.4, -0.2) is 80.5 Å². The number of rotatable bonds is 5. The monoisotopic (exact) mass is 421 g/mol. The second-order valence-corrected chi connectivity index (χ2v) is 10.5. The van der Waals surface area contributed by atoms with Gasteiger partial charge in [-0.25, -0.2) is 4.79 Å². The fourth-order valence-electron chi connectivity index (χ4n) is 5.99. The normalized spacial score (nSPS) is 43.4. The molecule has 168 valence electrons. The number of methoxy groups -OCH3 is 1. The lowest BCUT2D eigenvalue weighted by atomic mass is 9.68. The molecule has 0 radical (unpaired) electrons. The number of hydrogen-bond acceptors (Lipinski definition) is 6. The van der Waals surface area contributed by atoms with E-state index in [2.05, 4.69) is 26.8 Å². The van der Waals surface area contributed by atoms with Crippen molar-refractivity contribution in [3.05, 3.63) is 11.6 Å². The standard InChI is InChI=1S/C23H35NO6/c1-15(2)5-6-17-21(3,30-17)19-18(26-4)16(7-8-23(19)14-28-23)29-20(25)24-10-9-22(11-24)12-27-13-22/h5,16-19H,6-14H2,1-4H3/t16-,17-,18-,19?,21+,23+/m1/s1. The molecule has 1 amide bonds. The van der Waals surface area contributed by atoms with Gasteiger partial charge in [0.2, 0.25) is 0 Å². The summed E-state index contributed by atoms with van der Waals surface area (Å²) >= 11 is 0. The molecule has 4 heterocycles. The minimum Gasteiger partial charge on any atom is -0.443 e. The van der Waals surface area contributed by atoms with Crippen LogP contribution in [0.25, 0.3) is 0 Å². The molecular weight excluding hydrogens is 386 g/mol. The molecule has 2 spiro atoms. The third-order valence-electron chi connectivity index (χ3n) is 8.00. The Bertz CT molecular complexity index is 725. The molecule has 0 aromatic rings. The SMILES string of the molecule is CO[C@H]1C([C@@]2(C)O[C@@H]2CC=C(C)C)[C@]2(CC[C@H]1OC(=O)N1CCC3(COC3)C1)CO2. The van der Waals surface area contributed by atoms with E-state index in [4.69, 9.17) is 23.7 Å². The number of ether oxygens (including phenoxy) is 5. The highest BCUT2D eigenvalue weighted by atomic mass is 16.6. The Labute approximate surface area is 179 Å². The first-order valence-electron chi connectivity index (χ1n) is 11.3. The summed E-state index contributed by atoms with van der Waals surface area (Å²) in [5.74, 6) is 0.0575. The molecule has 4 saturated heterocycles. The molecule has 0 aromatic carbocycles. The second-order valence-electron chi connectivity index (χ2n) is 10.5. The molecule has 5 aliphatic rings. The molecule has 1 saturated carbocycles. The lowest BCUT2D eigenvalue weighted by Crippen LogP contribution is -2.56. The summed E-state index contributed by atoms with van der Waals surface area (Å²) in [7, 11) is 1.72. The lowest BCUT2D eigenvalue weighted by molar-refractivity contribution is -0.124. The summed E-state index contributed by atoms with van der Waals surface area (Å²) in [5, 5.41) is 0. The number of carbonyl (C=O) groups excluding carboxylic acids is 1. The van der Waals surface area contributed by atoms with Crippen molar-refractivity contribution in [1.82, 2.24) is 4.90 Å². The van der Waals surface area contributed by atoms with Crippen LogP contribution >= 0.6 is 0 Å². The van der Waals surface area contributed by atoms with Crippen LogP contribution in [0.1, 0.15) is 46.5 Å². The quantitative estimate of drug-likeness (QED) is 0.502. The van der Waals surface area contributed by atoms with Gasteiger partial charge in [-0.3, -0.25) is 0 Å². The smallest absolute Gasteiger partial charge is 0.410 e. The lowest BCUT2D eigenvalue weighted by Gasteiger charge is -2.43. The van der Waals surface area contributed by atoms with Gasteiger partial charge in [0.15, 0.2) is 0 Å². The predicted molar refractivity (Wildman–Crippen MR) is 109 cm³/mol. The maximum Gasteiger partial charge on any atom is 0.410 e. The minimum absolute atomic E-state index is 0.0575. The third-order valence-corrected chi connectivity index (χ3v) is 8.00. The number of likely N-dealkylation sites (tertiary alicyclic amines) is 1. The Morgan fingerprint density at radius 2 is 2.00 bits per heavy atom. The Hall–Kier alpha value is -1.15. The van der Waals surface area contributed by atoms with E-state index >= 15 is 0 Å². The molecule has 4 aliphatic heterocycles. The van der Waals surface area contributed by atoms with Gasteiger partial charge in [-0.1, -0.05) is 11.6 Å². The number of epoxide rings is 2. The second kappa shape index (κ2) is 7.19. The molecule has 1 unspecified atom stereocenters. The minimum atomic E-state index is -0.310. The Kier molecular flexibility index (Phi) is 4.97. The molecule has 5 fully saturated rings. The highest BCUT2D eigenvalue weighted by Crippen LogP contribution is 2.59. The number of carbonyl (C=O) groups is 1. The molecule has 7 nitrogen and oxygen atoms in total. The third kappa shape index (κ3) is 3.38. The van der Waals surface area contributed by atoms with E-state index in [1.54, 1.807) is 7.11 Å². The van der Waals surface area contributed by atoms with Gasteiger partial charge in [0.05, 0.1) is 31.8 Å². The van der Waals surface area contributed by atoms with E-state index in [1.165, 1.54) is 5.57 Å². The average Bonchev–Trinajstić information content (AvgIpc) is 3.53. The Morgan fingerprint density at radius 1 is 1.23 bits per heavy atom. The van der Waals surface area contributed by atoms with Crippen LogP contribution in [0.15, 0.2) is 11.6 Å². The summed E-state index contributed by atoms with van der Waals surface area (Å²) in [6.45, 7) is 10.1. The van der Waals surface area contributed by atoms with E-state index in [9.17, 15) is 4.79 Å². The van der Waals surface area contributed by atoms with Crippen molar-refractivity contribution in [2.75, 3.05) is 40.0 Å². The van der Waals surface area contributed by atoms with E-state index in [-0.39, 0.29) is 46.9 Å². The van der Waals surface area contributed by atoms with Gasteiger partial charge in [-0.15, -0.1) is 0 Å². The Morgan fingerprint density at radius 3 is 2.57 bits per heavy atom. The van der Waals surface area contributed by atoms with Crippen LogP contribution in [0, 0.1) is 11.3 Å². The van der Waals surface area contributed by atoms with Gasteiger partial charge in [-0.05, 0) is 46.5 Å². The van der Waals surface area contributed by atoms with E-state index < -0.39 is 0 Å². The molecule has 6 atom stereocenters. The van der Waals surface area contributed by atoms with Gasteiger partial charge < -0.3 is 28.6 Å². The number of nitrogens with zero attached hydrogens (tertiary/aromatic N) is 1. The zero-order valence-corrected chi connectivity index (χ0v) is 18.6. The molecule has 0 N–H and O–H groups in total. The topological polar surface area (TPSA) is 73.1 Å². The van der Waals surface area contributed by atoms with Crippen molar-refractivity contribution in [1.29, 1.82) is 0 Å². The van der Waals surface area contributed by atoms with Gasteiger partial charge in [-0.2, -0.15) is 0 Å². The maximum absolute atomic E-state index is 12.9. The van der Waals surface area contributed by atoms with Crippen LogP contribution in [0.3, 0.4) is 0 Å². The fourth-order valence-corrected chi connectivity index (χ4v) is 5.99. The maximum atomic E-state index is 12.9. The number of amides is 1. The van der Waals surface area contributed by atoms with Gasteiger partial charge >= 0.3 is 6.09 Å². The Balaban J connectivity index is 1.28. The molecule has 0 bridgehead atoms. The zero-order valence-electron chi connectivity index (χ0n) is 18.6. The summed E-state index contributed by atoms with van der Waals surface area (Å²) < 4.78 is 29.6. The van der Waals surface area contributed by atoms with Crippen molar-refractivity contribution in [2.45, 2.75) is 76.0 Å². The number of allylic oxidation sites excluding steroid dienone is 1. The van der Waals surface area contributed by atoms with Crippen molar-refractivity contribution in [3.63, 3.8) is 0 Å². The molecule has 7 heteroatoms. The molecule has 5 rings (SSSR count). The fraction of sp³-hybridized carbons (Fsp3) is 0.870. The molecule has 30 heavy (non-hydrogen) atoms. The van der Waals surface area contributed by atoms with Crippen LogP contribution in [0.5, 0.6) is 0 Å². The van der Waals surface area contributed by atoms with E-state index in [1.807, 2.05) is 4.90 Å². The van der Waals surface area contributed by atoms with Gasteiger partial charge in [0.25, 0.3) is 0 Å². The van der Waals surface area contributed by atoms with Crippen LogP contribution in [0.2, 0.25) is 0 Å². The summed E-state index contributed by atoms with van der Waals surface area (Å²) in [6, 6.07) is 0. The van der Waals surface area contributed by atoms with Crippen LogP contribution < -0.4 is 0 Å². The zero-order chi connectivity index (χ0) is 21.1. The molecular formula is C23H35NO6. The first kappa shape index (κ1) is 20.7. The largest absolute Gasteiger partial charge is 0.443 e. The molecule has 1 aliphatic carbocycles. The van der Waals surface area contributed by atoms with Gasteiger partial charge in [0, 0.05) is 25.6 Å². The highest BCUT2D eigenvalue weighted by molar-refractivity contribution is 5.68. The predicted octanol–water partition coefficient (Wildman–Crippen LogP) is 2.92. The average molecular weight is 422 g/mol. The van der Waals surface area contributed by atoms with Crippen molar-refractivity contribution >= 4 is 6.09 Å². The highest BCUT2D eigenvalue weighted by Gasteiger charge is 2.72. The van der Waals surface area contributed by atoms with Crippen molar-refractivity contribution < 1.29 is 28.5 Å². The van der Waals surface area contributed by atoms with E-state index in [0.717, 1.165) is 58.6 Å². The first-order valence-corrected chi connectivity index (χ1v) is 11.3. The first-order chi connectivity index (χ1) is 14.3. The molecule has 0 aromatic heterocycles. The van der Waals surface area contributed by atoms with Gasteiger partial charge in [0.1, 0.15) is 23.4 Å². The van der Waals surface area contributed by atoms with Crippen LogP contribution in [0.4, 0.5) is 4.79 Å².